The molecule has 126 valence electrons. The number of rotatable bonds is 5. The Hall–Kier alpha value is -1.18. The predicted octanol–water partition coefficient (Wildman–Crippen LogP) is 2.52. The number of carbonyl (C=O) groups excluding carboxylic acids is 1. The highest BCUT2D eigenvalue weighted by atomic mass is 32.2. The van der Waals surface area contributed by atoms with Gasteiger partial charge in [0.25, 0.3) is 0 Å². The van der Waals surface area contributed by atoms with Crippen molar-refractivity contribution in [1.29, 1.82) is 0 Å². The first-order chi connectivity index (χ1) is 11.0. The maximum absolute atomic E-state index is 12.3. The molecule has 7 heteroatoms. The number of thiophene rings is 1. The van der Waals surface area contributed by atoms with Crippen molar-refractivity contribution in [2.45, 2.75) is 54.3 Å². The van der Waals surface area contributed by atoms with Gasteiger partial charge < -0.3 is 4.90 Å². The lowest BCUT2D eigenvalue weighted by Crippen LogP contribution is -2.51. The van der Waals surface area contributed by atoms with Gasteiger partial charge in [0, 0.05) is 24.5 Å². The maximum atomic E-state index is 12.3. The molecule has 1 amide bonds. The second-order valence-corrected chi connectivity index (χ2v) is 9.23. The van der Waals surface area contributed by atoms with Crippen molar-refractivity contribution in [2.75, 3.05) is 6.54 Å². The molecule has 1 spiro atoms. The monoisotopic (exact) mass is 354 g/mol. The Morgan fingerprint density at radius 3 is 2.74 bits per heavy atom. The largest absolute Gasteiger partial charge is 0.333 e. The van der Waals surface area contributed by atoms with Gasteiger partial charge >= 0.3 is 0 Å². The topological polar surface area (TPSA) is 66.5 Å². The molecule has 2 aliphatic rings. The Kier molecular flexibility index (Phi) is 4.62. The summed E-state index contributed by atoms with van der Waals surface area (Å²) in [5, 5.41) is 1.77. The van der Waals surface area contributed by atoms with E-state index in [1.807, 2.05) is 4.90 Å². The van der Waals surface area contributed by atoms with Crippen LogP contribution in [0.2, 0.25) is 0 Å². The zero-order valence-corrected chi connectivity index (χ0v) is 14.7. The van der Waals surface area contributed by atoms with Crippen molar-refractivity contribution in [1.82, 2.24) is 9.62 Å². The van der Waals surface area contributed by atoms with Gasteiger partial charge in [0.1, 0.15) is 4.21 Å². The molecule has 5 nitrogen and oxygen atoms in total. The average molecular weight is 354 g/mol. The van der Waals surface area contributed by atoms with E-state index in [4.69, 9.17) is 0 Å². The maximum Gasteiger partial charge on any atom is 0.250 e. The van der Waals surface area contributed by atoms with E-state index in [1.54, 1.807) is 23.6 Å². The second-order valence-electron chi connectivity index (χ2n) is 6.35. The highest BCUT2D eigenvalue weighted by molar-refractivity contribution is 7.91. The molecule has 0 atom stereocenters. The van der Waals surface area contributed by atoms with Crippen LogP contribution in [0.25, 0.3) is 0 Å². The molecular formula is C16H22N2O3S2. The fourth-order valence-electron chi connectivity index (χ4n) is 3.79. The number of likely N-dealkylation sites (tertiary alicyclic amines) is 1. The third-order valence-corrected chi connectivity index (χ3v) is 7.91. The molecule has 1 saturated carbocycles. The molecule has 2 fully saturated rings. The standard InChI is InChI=1S/C16H22N2O3S2/c1-2-11-18-14(19)7-10-16(18)8-5-13(6-9-16)17-23(20,21)15-4-3-12-22-15/h2-4,12-13,17H,1,5-11H2. The fourth-order valence-corrected chi connectivity index (χ4v) is 6.10. The summed E-state index contributed by atoms with van der Waals surface area (Å²) >= 11 is 1.23. The number of amides is 1. The van der Waals surface area contributed by atoms with Gasteiger partial charge in [0.15, 0.2) is 0 Å². The first kappa shape index (κ1) is 16.7. The van der Waals surface area contributed by atoms with Gasteiger partial charge in [-0.2, -0.15) is 0 Å². The van der Waals surface area contributed by atoms with Gasteiger partial charge in [-0.05, 0) is 43.6 Å². The molecule has 1 aromatic rings. The molecule has 1 aliphatic carbocycles. The summed E-state index contributed by atoms with van der Waals surface area (Å²) in [7, 11) is -3.41. The smallest absolute Gasteiger partial charge is 0.250 e. The second kappa shape index (κ2) is 6.37. The van der Waals surface area contributed by atoms with Crippen LogP contribution >= 0.6 is 11.3 Å². The van der Waals surface area contributed by atoms with E-state index >= 15 is 0 Å². The number of hydrogen-bond donors (Lipinski definition) is 1. The summed E-state index contributed by atoms with van der Waals surface area (Å²) in [6.07, 6.45) is 6.49. The van der Waals surface area contributed by atoms with Crippen LogP contribution in [0.1, 0.15) is 38.5 Å². The molecule has 1 saturated heterocycles. The minimum atomic E-state index is -3.41. The SMILES string of the molecule is C=CCN1C(=O)CCC12CCC(NS(=O)(=O)c1cccs1)CC2. The van der Waals surface area contributed by atoms with Crippen molar-refractivity contribution in [3.8, 4) is 0 Å². The summed E-state index contributed by atoms with van der Waals surface area (Å²) in [6.45, 7) is 4.33. The zero-order chi connectivity index (χ0) is 16.5. The number of nitrogens with zero attached hydrogens (tertiary/aromatic N) is 1. The average Bonchev–Trinajstić information content (AvgIpc) is 3.15. The van der Waals surface area contributed by atoms with Crippen LogP contribution in [0.4, 0.5) is 0 Å². The van der Waals surface area contributed by atoms with E-state index in [-0.39, 0.29) is 17.5 Å². The van der Waals surface area contributed by atoms with Crippen molar-refractivity contribution in [2.24, 2.45) is 0 Å². The van der Waals surface area contributed by atoms with Gasteiger partial charge in [-0.15, -0.1) is 17.9 Å². The lowest BCUT2D eigenvalue weighted by atomic mass is 9.78. The summed E-state index contributed by atoms with van der Waals surface area (Å²) in [5.41, 5.74) is -0.0872. The highest BCUT2D eigenvalue weighted by Crippen LogP contribution is 2.42. The zero-order valence-electron chi connectivity index (χ0n) is 13.0. The van der Waals surface area contributed by atoms with E-state index in [2.05, 4.69) is 11.3 Å². The Balaban J connectivity index is 1.65. The molecule has 1 N–H and O–H groups in total. The molecule has 2 heterocycles. The van der Waals surface area contributed by atoms with Crippen molar-refractivity contribution >= 4 is 27.3 Å². The predicted molar refractivity (Wildman–Crippen MR) is 90.8 cm³/mol. The first-order valence-corrected chi connectivity index (χ1v) is 10.3. The summed E-state index contributed by atoms with van der Waals surface area (Å²) in [5.74, 6) is 0.197. The van der Waals surface area contributed by atoms with Crippen molar-refractivity contribution in [3.63, 3.8) is 0 Å². The molecule has 0 bridgehead atoms. The van der Waals surface area contributed by atoms with Crippen LogP contribution in [-0.4, -0.2) is 37.4 Å². The van der Waals surface area contributed by atoms with Gasteiger partial charge in [-0.3, -0.25) is 4.79 Å². The lowest BCUT2D eigenvalue weighted by Gasteiger charge is -2.43. The minimum Gasteiger partial charge on any atom is -0.333 e. The van der Waals surface area contributed by atoms with Crippen LogP contribution in [0, 0.1) is 0 Å². The van der Waals surface area contributed by atoms with E-state index in [1.165, 1.54) is 11.3 Å². The van der Waals surface area contributed by atoms with Crippen LogP contribution in [0.15, 0.2) is 34.4 Å². The summed E-state index contributed by atoms with van der Waals surface area (Å²) in [4.78, 5) is 14.0. The Bertz CT molecular complexity index is 674. The molecule has 23 heavy (non-hydrogen) atoms. The Morgan fingerprint density at radius 1 is 1.39 bits per heavy atom. The van der Waals surface area contributed by atoms with Crippen molar-refractivity contribution in [3.05, 3.63) is 30.2 Å². The normalized spacial score (nSPS) is 28.4. The Labute approximate surface area is 141 Å². The van der Waals surface area contributed by atoms with E-state index < -0.39 is 10.0 Å². The van der Waals surface area contributed by atoms with E-state index in [0.717, 1.165) is 32.1 Å². The van der Waals surface area contributed by atoms with E-state index in [9.17, 15) is 13.2 Å². The van der Waals surface area contributed by atoms with Gasteiger partial charge in [0.2, 0.25) is 15.9 Å². The molecule has 3 rings (SSSR count). The summed E-state index contributed by atoms with van der Waals surface area (Å²) < 4.78 is 27.8. The van der Waals surface area contributed by atoms with Crippen LogP contribution in [0.3, 0.4) is 0 Å². The van der Waals surface area contributed by atoms with Gasteiger partial charge in [-0.1, -0.05) is 12.1 Å². The molecule has 1 aromatic heterocycles. The first-order valence-electron chi connectivity index (χ1n) is 7.94. The van der Waals surface area contributed by atoms with E-state index in [0.29, 0.717) is 17.2 Å². The molecular weight excluding hydrogens is 332 g/mol. The minimum absolute atomic E-state index is 0.0472. The van der Waals surface area contributed by atoms with Crippen molar-refractivity contribution < 1.29 is 13.2 Å². The molecule has 0 radical (unpaired) electrons. The van der Waals surface area contributed by atoms with Gasteiger partial charge in [0.05, 0.1) is 0 Å². The lowest BCUT2D eigenvalue weighted by molar-refractivity contribution is -0.131. The highest BCUT2D eigenvalue weighted by Gasteiger charge is 2.46. The number of sulfonamides is 1. The third-order valence-electron chi connectivity index (χ3n) is 4.99. The molecule has 0 aromatic carbocycles. The summed E-state index contributed by atoms with van der Waals surface area (Å²) in [6, 6.07) is 3.32. The number of nitrogens with one attached hydrogen (secondary N) is 1. The molecule has 1 aliphatic heterocycles. The van der Waals surface area contributed by atoms with Crippen LogP contribution in [-0.2, 0) is 14.8 Å². The Morgan fingerprint density at radius 2 is 2.13 bits per heavy atom. The fraction of sp³-hybridized carbons (Fsp3) is 0.562. The van der Waals surface area contributed by atoms with Crippen LogP contribution in [0.5, 0.6) is 0 Å². The van der Waals surface area contributed by atoms with Crippen LogP contribution < -0.4 is 4.72 Å². The number of hydrogen-bond acceptors (Lipinski definition) is 4. The number of carbonyl (C=O) groups is 1. The third kappa shape index (κ3) is 3.22. The van der Waals surface area contributed by atoms with Gasteiger partial charge in [-0.25, -0.2) is 13.1 Å². The quantitative estimate of drug-likeness (QED) is 0.826. The molecule has 0 unspecified atom stereocenters.